The molecule has 2 aliphatic heterocycles. The summed E-state index contributed by atoms with van der Waals surface area (Å²) in [5.41, 5.74) is 1.29. The number of fused-ring (bicyclic) bond motifs is 2. The Labute approximate surface area is 245 Å². The van der Waals surface area contributed by atoms with Gasteiger partial charge < -0.3 is 29.3 Å². The average molecular weight is 596 g/mol. The number of aromatic nitrogens is 3. The molecule has 10 nitrogen and oxygen atoms in total. The number of nitrogens with zero attached hydrogens (tertiary/aromatic N) is 4. The maximum absolute atomic E-state index is 16.0. The first kappa shape index (κ1) is 30.0. The molecule has 12 heteroatoms. The Morgan fingerprint density at radius 1 is 1.24 bits per heavy atom. The third-order valence-corrected chi connectivity index (χ3v) is 11.1. The van der Waals surface area contributed by atoms with Crippen LogP contribution in [-0.2, 0) is 26.5 Å². The third-order valence-electron chi connectivity index (χ3n) is 8.68. The molecule has 5 rings (SSSR count). The van der Waals surface area contributed by atoms with Gasteiger partial charge in [-0.05, 0) is 50.2 Å². The zero-order chi connectivity index (χ0) is 30.4. The number of amides is 2. The van der Waals surface area contributed by atoms with Crippen molar-refractivity contribution in [2.45, 2.75) is 69.2 Å². The number of aliphatic hydroxyl groups is 2. The van der Waals surface area contributed by atoms with Gasteiger partial charge in [-0.2, -0.15) is 0 Å². The van der Waals surface area contributed by atoms with E-state index in [0.717, 1.165) is 5.56 Å². The van der Waals surface area contributed by atoms with Crippen LogP contribution in [0.5, 0.6) is 0 Å². The quantitative estimate of drug-likeness (QED) is 0.255. The van der Waals surface area contributed by atoms with E-state index in [1.165, 1.54) is 11.8 Å². The molecule has 1 aromatic heterocycles. The van der Waals surface area contributed by atoms with E-state index in [4.69, 9.17) is 4.74 Å². The van der Waals surface area contributed by atoms with Crippen LogP contribution in [0.1, 0.15) is 43.0 Å². The number of nitrogens with one attached hydrogen (secondary N) is 1. The van der Waals surface area contributed by atoms with Crippen LogP contribution in [0.15, 0.2) is 54.7 Å². The highest BCUT2D eigenvalue weighted by Gasteiger charge is 2.66. The summed E-state index contributed by atoms with van der Waals surface area (Å²) in [7, 11) is -1.68. The van der Waals surface area contributed by atoms with Gasteiger partial charge in [-0.3, -0.25) is 14.3 Å². The molecule has 2 aliphatic rings. The Morgan fingerprint density at radius 3 is 2.60 bits per heavy atom. The van der Waals surface area contributed by atoms with Gasteiger partial charge in [0.05, 0.1) is 30.0 Å². The zero-order valence-electron chi connectivity index (χ0n) is 24.5. The largest absolute Gasteiger partial charge is 0.395 e. The van der Waals surface area contributed by atoms with E-state index >= 15 is 4.11 Å². The topological polar surface area (TPSA) is 130 Å². The minimum Gasteiger partial charge on any atom is -0.395 e. The van der Waals surface area contributed by atoms with Crippen LogP contribution in [0.4, 0.5) is 15.5 Å². The van der Waals surface area contributed by atoms with Crippen molar-refractivity contribution in [3.8, 4) is 0 Å². The summed E-state index contributed by atoms with van der Waals surface area (Å²) >= 11 is 0. The lowest BCUT2D eigenvalue weighted by molar-refractivity contribution is -0.145. The first-order chi connectivity index (χ1) is 19.9. The van der Waals surface area contributed by atoms with Crippen molar-refractivity contribution in [3.05, 3.63) is 71.5 Å². The van der Waals surface area contributed by atoms with E-state index in [0.29, 0.717) is 35.6 Å². The molecule has 6 atom stereocenters. The first-order valence-electron chi connectivity index (χ1n) is 14.2. The maximum Gasteiger partial charge on any atom is 0.264 e. The number of carbonyl (C=O) groups is 2. The highest BCUT2D eigenvalue weighted by Crippen LogP contribution is 2.60. The van der Waals surface area contributed by atoms with Crippen LogP contribution >= 0.6 is 0 Å². The van der Waals surface area contributed by atoms with E-state index in [9.17, 15) is 19.8 Å². The normalized spacial score (nSPS) is 25.1. The monoisotopic (exact) mass is 595 g/mol. The van der Waals surface area contributed by atoms with Crippen LogP contribution in [0.3, 0.4) is 0 Å². The van der Waals surface area contributed by atoms with Gasteiger partial charge in [0.25, 0.3) is 11.8 Å². The summed E-state index contributed by atoms with van der Waals surface area (Å²) in [6.45, 7) is 6.80. The molecule has 3 aromatic rings. The minimum atomic E-state index is -3.35. The SMILES string of the molecule is C[C@H](O)C(=O)Nc1ccc2c(c1)[C@@]1(O[C@H](CCn3cc(C(CO)c4ccccc4)nn3)[C@@H]([Si](C)(C)F)[C@@H]1C)C(=O)N2C. The van der Waals surface area contributed by atoms with Gasteiger partial charge in [-0.1, -0.05) is 42.5 Å². The average Bonchev–Trinajstić information content (AvgIpc) is 3.59. The molecule has 1 unspecified atom stereocenters. The van der Waals surface area contributed by atoms with Crippen molar-refractivity contribution < 1.29 is 28.6 Å². The standard InChI is InChI=1S/C30H38FN5O5Si/c1-18-27(42(4,5)31)26(13-14-36-16-24(33-34-36)22(17-37)20-9-7-6-8-10-20)41-30(18)23-15-21(32-28(39)19(2)38)11-12-25(23)35(3)29(30)40/h6-12,15-16,18-19,22,26-27,37-38H,13-14,17H2,1-5H3,(H,32,39)/t18-,19-,22?,26+,27-,30+/m0/s1. The number of aliphatic hydroxyl groups excluding tert-OH is 2. The second-order valence-electron chi connectivity index (χ2n) is 11.9. The summed E-state index contributed by atoms with van der Waals surface area (Å²) in [6, 6.07) is 14.7. The fourth-order valence-electron chi connectivity index (χ4n) is 6.64. The second-order valence-corrected chi connectivity index (χ2v) is 15.7. The molecule has 3 heterocycles. The highest BCUT2D eigenvalue weighted by atomic mass is 28.4. The molecule has 3 N–H and O–H groups in total. The fraction of sp³-hybridized carbons (Fsp3) is 0.467. The lowest BCUT2D eigenvalue weighted by Gasteiger charge is -2.31. The van der Waals surface area contributed by atoms with E-state index in [1.54, 1.807) is 49.2 Å². The van der Waals surface area contributed by atoms with Gasteiger partial charge in [-0.25, -0.2) is 0 Å². The predicted octanol–water partition coefficient (Wildman–Crippen LogP) is 3.56. The maximum atomic E-state index is 16.0. The lowest BCUT2D eigenvalue weighted by Crippen LogP contribution is -2.44. The number of ether oxygens (including phenoxy) is 1. The number of carbonyl (C=O) groups excluding carboxylic acids is 2. The van der Waals surface area contributed by atoms with Gasteiger partial charge >= 0.3 is 0 Å². The van der Waals surface area contributed by atoms with Crippen LogP contribution in [0.25, 0.3) is 0 Å². The number of anilines is 2. The Morgan fingerprint density at radius 2 is 1.95 bits per heavy atom. The summed E-state index contributed by atoms with van der Waals surface area (Å²) in [6.07, 6.45) is 0.416. The number of hydrogen-bond acceptors (Lipinski definition) is 7. The van der Waals surface area contributed by atoms with E-state index in [2.05, 4.69) is 15.6 Å². The van der Waals surface area contributed by atoms with E-state index in [1.807, 2.05) is 37.3 Å². The number of halogens is 1. The molecule has 2 aromatic carbocycles. The molecule has 1 spiro atoms. The van der Waals surface area contributed by atoms with Crippen LogP contribution < -0.4 is 10.2 Å². The molecule has 2 amide bonds. The van der Waals surface area contributed by atoms with Crippen LogP contribution in [0.2, 0.25) is 18.6 Å². The number of rotatable bonds is 9. The van der Waals surface area contributed by atoms with Crippen molar-refractivity contribution in [2.24, 2.45) is 5.92 Å². The van der Waals surface area contributed by atoms with Gasteiger partial charge in [0.15, 0.2) is 5.60 Å². The smallest absolute Gasteiger partial charge is 0.264 e. The molecule has 0 bridgehead atoms. The van der Waals surface area contributed by atoms with Gasteiger partial charge in [0.1, 0.15) is 6.10 Å². The van der Waals surface area contributed by atoms with Crippen molar-refractivity contribution in [1.29, 1.82) is 0 Å². The van der Waals surface area contributed by atoms with E-state index < -0.39 is 43.6 Å². The highest BCUT2D eigenvalue weighted by molar-refractivity contribution is 6.72. The Balaban J connectivity index is 1.43. The zero-order valence-corrected chi connectivity index (χ0v) is 25.5. The summed E-state index contributed by atoms with van der Waals surface area (Å²) in [5.74, 6) is -1.64. The summed E-state index contributed by atoms with van der Waals surface area (Å²) in [4.78, 5) is 27.6. The minimum absolute atomic E-state index is 0.118. The molecule has 0 saturated carbocycles. The van der Waals surface area contributed by atoms with Gasteiger partial charge in [0.2, 0.25) is 8.41 Å². The molecule has 42 heavy (non-hydrogen) atoms. The number of likely N-dealkylation sites (N-methyl/N-ethyl adjacent to an activating group) is 1. The first-order valence-corrected chi connectivity index (χ1v) is 17.2. The lowest BCUT2D eigenvalue weighted by atomic mass is 9.82. The van der Waals surface area contributed by atoms with Crippen LogP contribution in [0, 0.1) is 5.92 Å². The molecule has 1 fully saturated rings. The predicted molar refractivity (Wildman–Crippen MR) is 158 cm³/mol. The molecule has 1 saturated heterocycles. The van der Waals surface area contributed by atoms with Crippen molar-refractivity contribution in [3.63, 3.8) is 0 Å². The third kappa shape index (κ3) is 5.17. The molecule has 0 radical (unpaired) electrons. The number of hydrogen-bond donors (Lipinski definition) is 3. The van der Waals surface area contributed by atoms with Crippen molar-refractivity contribution in [1.82, 2.24) is 15.0 Å². The molecule has 224 valence electrons. The van der Waals surface area contributed by atoms with Crippen LogP contribution in [-0.4, -0.2) is 71.3 Å². The number of benzene rings is 2. The summed E-state index contributed by atoms with van der Waals surface area (Å²) < 4.78 is 24.4. The molecular formula is C30H38FN5O5Si. The van der Waals surface area contributed by atoms with Crippen molar-refractivity contribution >= 4 is 31.6 Å². The second kappa shape index (κ2) is 11.3. The Bertz CT molecular complexity index is 1460. The summed E-state index contributed by atoms with van der Waals surface area (Å²) in [5, 5.41) is 30.9. The van der Waals surface area contributed by atoms with Crippen molar-refractivity contribution in [2.75, 3.05) is 23.9 Å². The Kier molecular flexibility index (Phi) is 8.09. The fourth-order valence-corrected chi connectivity index (χ4v) is 9.19. The van der Waals surface area contributed by atoms with Gasteiger partial charge in [-0.15, -0.1) is 5.10 Å². The Hall–Kier alpha value is -3.45. The van der Waals surface area contributed by atoms with E-state index in [-0.39, 0.29) is 18.4 Å². The molecular weight excluding hydrogens is 557 g/mol. The molecule has 0 aliphatic carbocycles. The number of aryl methyl sites for hydroxylation is 1. The van der Waals surface area contributed by atoms with Gasteiger partial charge in [0, 0.05) is 42.5 Å².